The number of rotatable bonds is 6. The predicted molar refractivity (Wildman–Crippen MR) is 107 cm³/mol. The molecule has 0 saturated heterocycles. The summed E-state index contributed by atoms with van der Waals surface area (Å²) in [5, 5.41) is 0. The standard InChI is InChI=1S/C20H22NO3.CH3.ClH.Ir/c1-22-12-13-24-18-9-6-15-4-3-5-20(19(15)14-18)21-16-7-10-17(23-2)11-8-16;;;/h6-11H,3-5,12-13H2,1-2H3;1H3;1H;/q2*-1;;+3/p-1. The first-order valence-electron chi connectivity index (χ1n) is 8.31. The first kappa shape index (κ1) is 23.6. The Morgan fingerprint density at radius 1 is 1.04 bits per heavy atom. The van der Waals surface area contributed by atoms with Crippen LogP contribution in [0.3, 0.4) is 0 Å². The molecule has 0 spiro atoms. The van der Waals surface area contributed by atoms with Crippen LogP contribution in [0.25, 0.3) is 0 Å². The molecule has 0 atom stereocenters. The van der Waals surface area contributed by atoms with Crippen LogP contribution in [0.1, 0.15) is 24.0 Å². The van der Waals surface area contributed by atoms with Crippen LogP contribution in [-0.4, -0.2) is 33.1 Å². The Bertz CT molecular complexity index is 720. The third-order valence-electron chi connectivity index (χ3n) is 4.03. The molecule has 4 nitrogen and oxygen atoms in total. The van der Waals surface area contributed by atoms with Crippen LogP contribution in [0.2, 0.25) is 0 Å². The van der Waals surface area contributed by atoms with E-state index in [9.17, 15) is 0 Å². The van der Waals surface area contributed by atoms with Crippen molar-refractivity contribution in [1.29, 1.82) is 0 Å². The van der Waals surface area contributed by atoms with Gasteiger partial charge in [0.25, 0.3) is 0 Å². The number of halogens is 1. The van der Waals surface area contributed by atoms with Gasteiger partial charge in [-0.25, -0.2) is 0 Å². The Hall–Kier alpha value is -1.39. The molecule has 0 saturated carbocycles. The van der Waals surface area contributed by atoms with E-state index in [1.54, 1.807) is 14.2 Å². The summed E-state index contributed by atoms with van der Waals surface area (Å²) in [5.41, 5.74) is 4.36. The Kier molecular flexibility index (Phi) is 11.3. The zero-order valence-corrected chi connectivity index (χ0v) is 19.0. The maximum absolute atomic E-state index is 5.69. The fourth-order valence-corrected chi connectivity index (χ4v) is 2.79. The summed E-state index contributed by atoms with van der Waals surface area (Å²) in [4.78, 5) is 4.82. The Morgan fingerprint density at radius 3 is 2.44 bits per heavy atom. The van der Waals surface area contributed by atoms with Crippen LogP contribution >= 0.6 is 9.58 Å². The van der Waals surface area contributed by atoms with E-state index in [0.717, 1.165) is 47.7 Å². The van der Waals surface area contributed by atoms with Crippen LogP contribution in [0.4, 0.5) is 5.69 Å². The van der Waals surface area contributed by atoms with Crippen molar-refractivity contribution in [3.05, 3.63) is 61.0 Å². The minimum absolute atomic E-state index is 0. The van der Waals surface area contributed by atoms with E-state index >= 15 is 0 Å². The summed E-state index contributed by atoms with van der Waals surface area (Å²) < 4.78 is 15.9. The Balaban J connectivity index is 0.00000118. The van der Waals surface area contributed by atoms with E-state index in [1.165, 1.54) is 23.5 Å². The van der Waals surface area contributed by atoms with Crippen LogP contribution < -0.4 is 9.47 Å². The van der Waals surface area contributed by atoms with Crippen molar-refractivity contribution in [2.75, 3.05) is 27.4 Å². The summed E-state index contributed by atoms with van der Waals surface area (Å²) in [6.07, 6.45) is 3.13. The van der Waals surface area contributed by atoms with E-state index in [0.29, 0.717) is 13.2 Å². The second-order valence-corrected chi connectivity index (χ2v) is 5.67. The monoisotopic (exact) mass is 567 g/mol. The summed E-state index contributed by atoms with van der Waals surface area (Å²) >= 11 is 1.47. The van der Waals surface area contributed by atoms with Crippen LogP contribution in [0, 0.1) is 13.5 Å². The predicted octanol–water partition coefficient (Wildman–Crippen LogP) is 5.11. The van der Waals surface area contributed by atoms with Gasteiger partial charge in [-0.05, 0) is 36.4 Å². The van der Waals surface area contributed by atoms with Gasteiger partial charge >= 0.3 is 27.5 Å². The summed E-state index contributed by atoms with van der Waals surface area (Å²) in [6.45, 7) is 1.09. The molecule has 0 heterocycles. The van der Waals surface area contributed by atoms with Gasteiger partial charge in [0.05, 0.1) is 19.4 Å². The molecule has 0 bridgehead atoms. The molecule has 2 aromatic carbocycles. The van der Waals surface area contributed by atoms with Crippen molar-refractivity contribution in [1.82, 2.24) is 0 Å². The van der Waals surface area contributed by atoms with Gasteiger partial charge in [0.15, 0.2) is 0 Å². The van der Waals surface area contributed by atoms with Crippen molar-refractivity contribution in [2.24, 2.45) is 4.99 Å². The number of hydrogen-bond acceptors (Lipinski definition) is 4. The van der Waals surface area contributed by atoms with E-state index in [4.69, 9.17) is 19.2 Å². The molecule has 0 aliphatic heterocycles. The number of benzene rings is 2. The molecule has 1 aliphatic rings. The van der Waals surface area contributed by atoms with Gasteiger partial charge in [0.2, 0.25) is 0 Å². The molecule has 2 aromatic rings. The van der Waals surface area contributed by atoms with Gasteiger partial charge in [0.1, 0.15) is 12.4 Å². The first-order chi connectivity index (χ1) is 12.8. The van der Waals surface area contributed by atoms with Gasteiger partial charge in [-0.1, -0.05) is 18.9 Å². The van der Waals surface area contributed by atoms with Crippen molar-refractivity contribution in [3.63, 3.8) is 0 Å². The van der Waals surface area contributed by atoms with Crippen molar-refractivity contribution in [3.8, 4) is 11.5 Å². The topological polar surface area (TPSA) is 40.0 Å². The molecule has 0 unspecified atom stereocenters. The average molecular weight is 567 g/mol. The molecular formula is C21H25ClIrNO3. The molecule has 1 aliphatic carbocycles. The number of methoxy groups -OCH3 is 2. The normalized spacial score (nSPS) is 13.7. The van der Waals surface area contributed by atoms with Crippen molar-refractivity contribution in [2.45, 2.75) is 19.3 Å². The zero-order valence-electron chi connectivity index (χ0n) is 15.9. The molecule has 0 radical (unpaired) electrons. The van der Waals surface area contributed by atoms with Crippen LogP contribution in [0.5, 0.6) is 11.5 Å². The third kappa shape index (κ3) is 6.93. The third-order valence-corrected chi connectivity index (χ3v) is 4.03. The van der Waals surface area contributed by atoms with Gasteiger partial charge in [-0.2, -0.15) is 0 Å². The Morgan fingerprint density at radius 2 is 1.78 bits per heavy atom. The number of aryl methyl sites for hydroxylation is 1. The van der Waals surface area contributed by atoms with E-state index in [-0.39, 0.29) is 7.43 Å². The average Bonchev–Trinajstić information content (AvgIpc) is 2.71. The quantitative estimate of drug-likeness (QED) is 0.360. The molecule has 0 aromatic heterocycles. The fourth-order valence-electron chi connectivity index (χ4n) is 2.79. The van der Waals surface area contributed by atoms with Gasteiger partial charge in [-0.15, -0.1) is 23.3 Å². The van der Waals surface area contributed by atoms with Gasteiger partial charge in [-0.3, -0.25) is 0 Å². The Labute approximate surface area is 177 Å². The SMILES string of the molecule is COCCOc1[c-]c2c(cc1)CCCC2=Nc1ccc(OC)cc1.[CH3-].[Cl][Ir+2]. The van der Waals surface area contributed by atoms with Crippen molar-refractivity contribution < 1.29 is 32.1 Å². The van der Waals surface area contributed by atoms with E-state index in [1.807, 2.05) is 30.3 Å². The number of fused-ring (bicyclic) bond motifs is 1. The van der Waals surface area contributed by atoms with Gasteiger partial charge in [0, 0.05) is 12.9 Å². The van der Waals surface area contributed by atoms with E-state index in [2.05, 4.69) is 21.7 Å². The van der Waals surface area contributed by atoms with E-state index < -0.39 is 0 Å². The molecule has 3 rings (SSSR count). The zero-order chi connectivity index (χ0) is 18.8. The number of hydrogen-bond donors (Lipinski definition) is 0. The number of aliphatic imine (C=N–C) groups is 1. The fraction of sp³-hybridized carbons (Fsp3) is 0.333. The summed E-state index contributed by atoms with van der Waals surface area (Å²) in [7, 11) is 7.97. The second kappa shape index (κ2) is 12.9. The number of ether oxygens (including phenoxy) is 3. The molecule has 27 heavy (non-hydrogen) atoms. The molecule has 148 valence electrons. The van der Waals surface area contributed by atoms with Crippen molar-refractivity contribution >= 4 is 21.0 Å². The molecular weight excluding hydrogens is 542 g/mol. The molecule has 0 amide bonds. The summed E-state index contributed by atoms with van der Waals surface area (Å²) in [5.74, 6) is 1.58. The molecule has 6 heteroatoms. The minimum atomic E-state index is 0. The van der Waals surface area contributed by atoms with Crippen LogP contribution in [0.15, 0.2) is 41.4 Å². The van der Waals surface area contributed by atoms with Crippen LogP contribution in [-0.2, 0) is 29.0 Å². The molecule has 0 fully saturated rings. The molecule has 0 N–H and O–H groups in total. The summed E-state index contributed by atoms with van der Waals surface area (Å²) in [6, 6.07) is 15.3. The number of nitrogens with zero attached hydrogens (tertiary/aromatic N) is 1. The second-order valence-electron chi connectivity index (χ2n) is 5.67. The first-order valence-corrected chi connectivity index (χ1v) is 11.3. The maximum atomic E-state index is 5.69. The van der Waals surface area contributed by atoms with Gasteiger partial charge < -0.3 is 26.6 Å².